The SMILES string of the molecule is CC(=O)CCCC(=O)Nc1ccc(C(O)(C(=O)Cc2cccc3cccnc23)C(=O)Nc2cccc3cccnc23)cc1. The third-order valence-corrected chi connectivity index (χ3v) is 7.20. The molecule has 9 heteroatoms. The van der Waals surface area contributed by atoms with Crippen LogP contribution in [0.1, 0.15) is 37.3 Å². The van der Waals surface area contributed by atoms with Crippen LogP contribution in [0.25, 0.3) is 21.8 Å². The highest BCUT2D eigenvalue weighted by Crippen LogP contribution is 2.30. The predicted molar refractivity (Wildman–Crippen MR) is 164 cm³/mol. The van der Waals surface area contributed by atoms with Gasteiger partial charge >= 0.3 is 0 Å². The third kappa shape index (κ3) is 6.47. The quantitative estimate of drug-likeness (QED) is 0.186. The fourth-order valence-electron chi connectivity index (χ4n) is 4.96. The summed E-state index contributed by atoms with van der Waals surface area (Å²) >= 11 is 0. The summed E-state index contributed by atoms with van der Waals surface area (Å²) in [5, 5.41) is 19.1. The van der Waals surface area contributed by atoms with E-state index in [0.29, 0.717) is 40.8 Å². The van der Waals surface area contributed by atoms with Crippen LogP contribution >= 0.6 is 0 Å². The van der Waals surface area contributed by atoms with Gasteiger partial charge in [0.15, 0.2) is 5.78 Å². The maximum absolute atomic E-state index is 14.0. The second-order valence-corrected chi connectivity index (χ2v) is 10.3. The van der Waals surface area contributed by atoms with Crippen molar-refractivity contribution in [2.45, 2.75) is 38.2 Å². The van der Waals surface area contributed by atoms with E-state index in [4.69, 9.17) is 0 Å². The zero-order valence-corrected chi connectivity index (χ0v) is 23.5. The van der Waals surface area contributed by atoms with Crippen LogP contribution in [0.4, 0.5) is 11.4 Å². The molecule has 0 spiro atoms. The lowest BCUT2D eigenvalue weighted by atomic mass is 9.84. The number of rotatable bonds is 11. The first-order valence-electron chi connectivity index (χ1n) is 13.9. The van der Waals surface area contributed by atoms with Gasteiger partial charge in [0.1, 0.15) is 5.78 Å². The topological polar surface area (TPSA) is 138 Å². The molecule has 216 valence electrons. The molecule has 0 radical (unpaired) electrons. The highest BCUT2D eigenvalue weighted by atomic mass is 16.3. The lowest BCUT2D eigenvalue weighted by Crippen LogP contribution is -2.48. The number of nitrogens with one attached hydrogen (secondary N) is 2. The Kier molecular flexibility index (Phi) is 8.64. The summed E-state index contributed by atoms with van der Waals surface area (Å²) in [4.78, 5) is 60.1. The maximum atomic E-state index is 14.0. The second kappa shape index (κ2) is 12.7. The Hall–Kier alpha value is -5.28. The standard InChI is InChI=1S/C34H30N4O5/c1-22(39)7-2-14-30(41)37-27-17-15-26(16-18-27)34(43,29(40)21-25-10-3-8-23-11-5-19-35-31(23)25)33(42)38-28-13-4-9-24-12-6-20-36-32(24)28/h3-6,8-13,15-20,43H,2,7,14,21H2,1H3,(H,37,41)(H,38,42). The van der Waals surface area contributed by atoms with E-state index in [0.717, 1.165) is 10.8 Å². The van der Waals surface area contributed by atoms with Crippen LogP contribution in [-0.4, -0.2) is 38.5 Å². The van der Waals surface area contributed by atoms with E-state index in [1.165, 1.54) is 31.2 Å². The maximum Gasteiger partial charge on any atom is 0.269 e. The number of nitrogens with zero attached hydrogens (tertiary/aromatic N) is 2. The van der Waals surface area contributed by atoms with Gasteiger partial charge in [-0.2, -0.15) is 0 Å². The van der Waals surface area contributed by atoms with E-state index >= 15 is 0 Å². The van der Waals surface area contributed by atoms with Gasteiger partial charge in [0.2, 0.25) is 11.5 Å². The molecule has 0 saturated heterocycles. The van der Waals surface area contributed by atoms with Crippen LogP contribution in [0.5, 0.6) is 0 Å². The van der Waals surface area contributed by atoms with E-state index in [-0.39, 0.29) is 30.1 Å². The van der Waals surface area contributed by atoms with Gasteiger partial charge in [0.05, 0.1) is 16.7 Å². The Morgan fingerprint density at radius 3 is 2.07 bits per heavy atom. The van der Waals surface area contributed by atoms with E-state index in [2.05, 4.69) is 20.6 Å². The summed E-state index contributed by atoms with van der Waals surface area (Å²) in [5.41, 5.74) is -0.116. The molecule has 5 aromatic rings. The molecule has 0 bridgehead atoms. The summed E-state index contributed by atoms with van der Waals surface area (Å²) in [6.07, 6.45) is 3.87. The number of aliphatic hydroxyl groups is 1. The van der Waals surface area contributed by atoms with Crippen LogP contribution in [0, 0.1) is 0 Å². The predicted octanol–water partition coefficient (Wildman–Crippen LogP) is 5.12. The number of anilines is 2. The molecule has 2 heterocycles. The molecule has 0 aliphatic rings. The average Bonchev–Trinajstić information content (AvgIpc) is 3.01. The van der Waals surface area contributed by atoms with Crippen molar-refractivity contribution < 1.29 is 24.3 Å². The van der Waals surface area contributed by atoms with Crippen molar-refractivity contribution in [3.05, 3.63) is 108 Å². The van der Waals surface area contributed by atoms with E-state index in [1.54, 1.807) is 48.8 Å². The van der Waals surface area contributed by atoms with Gasteiger partial charge in [-0.15, -0.1) is 0 Å². The summed E-state index contributed by atoms with van der Waals surface area (Å²) in [7, 11) is 0. The molecule has 2 aromatic heterocycles. The normalized spacial score (nSPS) is 12.4. The molecule has 2 amide bonds. The monoisotopic (exact) mass is 574 g/mol. The summed E-state index contributed by atoms with van der Waals surface area (Å²) in [6, 6.07) is 23.8. The fraction of sp³-hybridized carbons (Fsp3) is 0.176. The van der Waals surface area contributed by atoms with E-state index in [9.17, 15) is 24.3 Å². The molecule has 43 heavy (non-hydrogen) atoms. The Bertz CT molecular complexity index is 1730. The highest BCUT2D eigenvalue weighted by molar-refractivity contribution is 6.17. The Balaban J connectivity index is 1.46. The number of pyridine rings is 2. The molecule has 9 nitrogen and oxygen atoms in total. The third-order valence-electron chi connectivity index (χ3n) is 7.20. The minimum atomic E-state index is -2.59. The minimum Gasteiger partial charge on any atom is -0.370 e. The zero-order valence-electron chi connectivity index (χ0n) is 23.5. The lowest BCUT2D eigenvalue weighted by Gasteiger charge is -2.27. The van der Waals surface area contributed by atoms with Crippen LogP contribution in [0.3, 0.4) is 0 Å². The molecular formula is C34H30N4O5. The van der Waals surface area contributed by atoms with Crippen molar-refractivity contribution in [2.75, 3.05) is 10.6 Å². The van der Waals surface area contributed by atoms with Gasteiger partial charge in [-0.25, -0.2) is 0 Å². The van der Waals surface area contributed by atoms with Crippen molar-refractivity contribution in [3.8, 4) is 0 Å². The van der Waals surface area contributed by atoms with Crippen molar-refractivity contribution in [2.24, 2.45) is 0 Å². The molecule has 0 aliphatic heterocycles. The Labute approximate surface area is 248 Å². The summed E-state index contributed by atoms with van der Waals surface area (Å²) in [6.45, 7) is 1.47. The van der Waals surface area contributed by atoms with Gasteiger partial charge in [-0.3, -0.25) is 24.4 Å². The van der Waals surface area contributed by atoms with Crippen molar-refractivity contribution in [1.29, 1.82) is 0 Å². The highest BCUT2D eigenvalue weighted by Gasteiger charge is 2.45. The van der Waals surface area contributed by atoms with Crippen molar-refractivity contribution >= 4 is 56.6 Å². The molecule has 3 aromatic carbocycles. The van der Waals surface area contributed by atoms with Gasteiger partial charge < -0.3 is 20.5 Å². The number of carbonyl (C=O) groups is 4. The smallest absolute Gasteiger partial charge is 0.269 e. The van der Waals surface area contributed by atoms with Crippen LogP contribution in [0.2, 0.25) is 0 Å². The number of hydrogen-bond donors (Lipinski definition) is 3. The van der Waals surface area contributed by atoms with Gasteiger partial charge in [0.25, 0.3) is 5.91 Å². The molecule has 0 fully saturated rings. The molecule has 5 rings (SSSR count). The number of Topliss-reactive ketones (excluding diaryl/α,β-unsaturated/α-hetero) is 2. The number of fused-ring (bicyclic) bond motifs is 2. The Morgan fingerprint density at radius 1 is 0.744 bits per heavy atom. The van der Waals surface area contributed by atoms with Crippen LogP contribution < -0.4 is 10.6 Å². The first-order valence-corrected chi connectivity index (χ1v) is 13.9. The van der Waals surface area contributed by atoms with Gasteiger partial charge in [-0.1, -0.05) is 54.6 Å². The minimum absolute atomic E-state index is 0.0120. The van der Waals surface area contributed by atoms with Crippen molar-refractivity contribution in [1.82, 2.24) is 9.97 Å². The molecular weight excluding hydrogens is 544 g/mol. The summed E-state index contributed by atoms with van der Waals surface area (Å²) < 4.78 is 0. The van der Waals surface area contributed by atoms with Crippen LogP contribution in [0.15, 0.2) is 97.3 Å². The van der Waals surface area contributed by atoms with Gasteiger partial charge in [-0.05, 0) is 49.2 Å². The average molecular weight is 575 g/mol. The summed E-state index contributed by atoms with van der Waals surface area (Å²) in [5.74, 6) is -1.95. The lowest BCUT2D eigenvalue weighted by molar-refractivity contribution is -0.149. The number of hydrogen-bond acceptors (Lipinski definition) is 7. The molecule has 3 N–H and O–H groups in total. The number of ketones is 2. The van der Waals surface area contributed by atoms with Crippen LogP contribution in [-0.2, 0) is 31.2 Å². The first-order chi connectivity index (χ1) is 20.8. The molecule has 1 atom stereocenters. The number of para-hydroxylation sites is 2. The number of benzene rings is 3. The molecule has 0 saturated carbocycles. The molecule has 1 unspecified atom stereocenters. The van der Waals surface area contributed by atoms with E-state index in [1.807, 2.05) is 24.3 Å². The Morgan fingerprint density at radius 2 is 1.37 bits per heavy atom. The number of aromatic nitrogens is 2. The zero-order chi connectivity index (χ0) is 30.4. The van der Waals surface area contributed by atoms with Gasteiger partial charge in [0, 0.05) is 53.7 Å². The number of amides is 2. The fourth-order valence-corrected chi connectivity index (χ4v) is 4.96. The first kappa shape index (κ1) is 29.2. The largest absolute Gasteiger partial charge is 0.370 e. The van der Waals surface area contributed by atoms with E-state index < -0.39 is 17.3 Å². The van der Waals surface area contributed by atoms with Crippen molar-refractivity contribution in [3.63, 3.8) is 0 Å². The number of carbonyl (C=O) groups excluding carboxylic acids is 4. The second-order valence-electron chi connectivity index (χ2n) is 10.3. The molecule has 0 aliphatic carbocycles.